The molecule has 0 unspecified atom stereocenters. The molecular weight excluding hydrogens is 1770 g/mol. The number of pyridine rings is 4. The van der Waals surface area contributed by atoms with Crippen LogP contribution in [0, 0.1) is 23.7 Å². The summed E-state index contributed by atoms with van der Waals surface area (Å²) in [6.07, 6.45) is 0. The van der Waals surface area contributed by atoms with Crippen LogP contribution in [0.5, 0.6) is 23.0 Å². The third-order valence-electron chi connectivity index (χ3n) is 17.0. The highest BCUT2D eigenvalue weighted by atomic mass is 35.5. The van der Waals surface area contributed by atoms with Gasteiger partial charge in [-0.25, -0.2) is 19.9 Å². The third kappa shape index (κ3) is 35.9. The summed E-state index contributed by atoms with van der Waals surface area (Å²) in [7, 11) is 0. The fourth-order valence-electron chi connectivity index (χ4n) is 11.6. The number of H-pyrrole nitrogens is 4. The summed E-state index contributed by atoms with van der Waals surface area (Å²) in [5.41, 5.74) is 12.7. The number of nitrogens with zero attached hydrogens (tertiary/aromatic N) is 6. The van der Waals surface area contributed by atoms with Crippen molar-refractivity contribution < 1.29 is 38.0 Å². The zero-order valence-corrected chi connectivity index (χ0v) is 84.2. The van der Waals surface area contributed by atoms with Crippen LogP contribution in [0.15, 0.2) is 126 Å². The Morgan fingerprint density at radius 2 is 0.738 bits per heavy atom. The smallest absolute Gasteiger partial charge is 0.260 e. The van der Waals surface area contributed by atoms with E-state index in [0.29, 0.717) is 172 Å². The Labute approximate surface area is 789 Å². The van der Waals surface area contributed by atoms with Gasteiger partial charge in [-0.3, -0.25) is 28.8 Å². The number of aromatic nitrogens is 8. The Morgan fingerprint density at radius 3 is 1.06 bits per heavy atom. The molecule has 34 heteroatoms. The second-order valence-electron chi connectivity index (χ2n) is 35.5. The van der Waals surface area contributed by atoms with Crippen LogP contribution in [0.3, 0.4) is 0 Å². The highest BCUT2D eigenvalue weighted by molar-refractivity contribution is 7.15. The molecular formula is C96H134Cl2N16O12S4. The van der Waals surface area contributed by atoms with Gasteiger partial charge in [0.05, 0.1) is 94.0 Å². The van der Waals surface area contributed by atoms with E-state index in [9.17, 15) is 28.8 Å². The summed E-state index contributed by atoms with van der Waals surface area (Å²) in [5.74, 6) is 5.21. The summed E-state index contributed by atoms with van der Waals surface area (Å²) in [5, 5.41) is 29.8. The predicted octanol–water partition coefficient (Wildman–Crippen LogP) is 20.4. The van der Waals surface area contributed by atoms with Crippen LogP contribution >= 0.6 is 68.5 Å². The van der Waals surface area contributed by atoms with Crippen molar-refractivity contribution in [2.24, 2.45) is 29.4 Å². The molecule has 28 nitrogen and oxygen atoms in total. The number of thiazole rings is 4. The van der Waals surface area contributed by atoms with E-state index < -0.39 is 5.54 Å². The van der Waals surface area contributed by atoms with E-state index in [1.165, 1.54) is 57.5 Å². The van der Waals surface area contributed by atoms with Gasteiger partial charge in [0.2, 0.25) is 0 Å². The summed E-state index contributed by atoms with van der Waals surface area (Å²) in [6.45, 7) is 55.0. The molecule has 11 N–H and O–H groups in total. The largest absolute Gasteiger partial charge is 0.492 e. The van der Waals surface area contributed by atoms with Gasteiger partial charge in [0.25, 0.3) is 11.8 Å². The van der Waals surface area contributed by atoms with Gasteiger partial charge in [0, 0.05) is 142 Å². The van der Waals surface area contributed by atoms with Crippen LogP contribution < -0.4 is 73.0 Å². The molecule has 14 rings (SSSR count). The first-order valence-corrected chi connectivity index (χ1v) is 48.5. The number of hydrogen-bond acceptors (Lipinski definition) is 26. The number of carbonyl (C=O) groups excluding carboxylic acids is 2. The number of benzene rings is 4. The molecule has 0 bridgehead atoms. The molecule has 0 radical (unpaired) electrons. The van der Waals surface area contributed by atoms with Crippen molar-refractivity contribution in [2.75, 3.05) is 113 Å². The molecule has 10 heterocycles. The van der Waals surface area contributed by atoms with Crippen LogP contribution in [-0.2, 0) is 19.1 Å². The molecule has 4 aromatic carbocycles. The van der Waals surface area contributed by atoms with Crippen LogP contribution in [-0.4, -0.2) is 183 Å². The Hall–Kier alpha value is -10.0. The molecule has 130 heavy (non-hydrogen) atoms. The molecule has 0 saturated carbocycles. The summed E-state index contributed by atoms with van der Waals surface area (Å²) in [4.78, 5) is 109. The maximum absolute atomic E-state index is 12.7. The molecule has 0 aliphatic carbocycles. The van der Waals surface area contributed by atoms with Crippen molar-refractivity contribution in [3.8, 4) is 68.5 Å². The number of aromatic amines is 4. The topological polar surface area (TPSA) is 365 Å². The number of fused-ring (bicyclic) bond motifs is 4. The van der Waals surface area contributed by atoms with Gasteiger partial charge in [-0.2, -0.15) is 0 Å². The number of amides is 2. The second-order valence-corrected chi connectivity index (χ2v) is 39.7. The Kier molecular flexibility index (Phi) is 43.5. The van der Waals surface area contributed by atoms with E-state index in [0.717, 1.165) is 74.2 Å². The van der Waals surface area contributed by atoms with Gasteiger partial charge >= 0.3 is 0 Å². The fourth-order valence-corrected chi connectivity index (χ4v) is 15.5. The summed E-state index contributed by atoms with van der Waals surface area (Å²) < 4.78 is 33.4. The summed E-state index contributed by atoms with van der Waals surface area (Å²) >= 11 is 19.0. The Bertz CT molecular complexity index is 5760. The number of hydrogen-bond donors (Lipinski definition) is 10. The lowest BCUT2D eigenvalue weighted by molar-refractivity contribution is -0.138. The number of morpholine rings is 2. The van der Waals surface area contributed by atoms with E-state index in [2.05, 4.69) is 170 Å². The third-order valence-corrected chi connectivity index (χ3v) is 20.9. The van der Waals surface area contributed by atoms with Gasteiger partial charge in [-0.1, -0.05) is 113 Å². The molecule has 2 aliphatic rings. The van der Waals surface area contributed by atoms with Crippen molar-refractivity contribution in [1.82, 2.24) is 55.0 Å². The molecule has 0 atom stereocenters. The number of nitrogens with one attached hydrogen (secondary N) is 9. The van der Waals surface area contributed by atoms with Crippen molar-refractivity contribution in [2.45, 2.75) is 189 Å². The lowest BCUT2D eigenvalue weighted by Gasteiger charge is -2.26. The monoisotopic (exact) mass is 1900 g/mol. The lowest BCUT2D eigenvalue weighted by atomic mass is 10.1. The van der Waals surface area contributed by atoms with Crippen LogP contribution in [0.25, 0.3) is 89.2 Å². The Morgan fingerprint density at radius 1 is 0.438 bits per heavy atom. The standard InChI is InChI=1S/C21H23ClN4O4S.C21H24N4O4S.C19H23ClN4O2S.C19H24N4O2S.4C4H10/c1-12(2)23-21-25-15(11-31-21)14-9-16(27)13-3-4-17(19(22)20(13)24-14)30-10-18(28)26-5-7-29-8-6-26;1-13(2)22-21-24-18(12-30-21)17-10-19(26)15-4-3-14(9-16(15)23-17)29-11-20(27)25-5-7-28-8-6-25;1-10(2)22-18-24-13(8-27-18)12-7-14(25)11-5-6-15(16(20)17(11)23-12)26-9-19(3,4)21;1-4-20-7-8-25-13-5-6-14-15(9-13)22-16(10-18(14)24)17-11-26-19(23-17)21-12(2)3;4*1-4(2)3/h3-4,9,11-12H,5-8,10H2,1-2H3,(H,23,25)(H,24,27);3-4,9-10,12-13H,5-8,11H2,1-2H3,(H,22,24)(H,23,26);5-8,10H,9,21H2,1-4H3,(H,22,24)(H,23,25);5-6,9-12,20H,4,7-8H2,1-3H3,(H,21,23)(H,22,24);4*4H,1-3H3. The van der Waals surface area contributed by atoms with E-state index in [1.807, 2.05) is 89.0 Å². The number of anilines is 4. The lowest BCUT2D eigenvalue weighted by Crippen LogP contribution is -2.43. The number of rotatable bonds is 26. The minimum absolute atomic E-state index is 0.0284. The van der Waals surface area contributed by atoms with Crippen molar-refractivity contribution in [1.29, 1.82) is 0 Å². The van der Waals surface area contributed by atoms with Gasteiger partial charge in [-0.15, -0.1) is 45.3 Å². The average molecular weight is 1900 g/mol. The van der Waals surface area contributed by atoms with E-state index in [4.69, 9.17) is 57.4 Å². The summed E-state index contributed by atoms with van der Waals surface area (Å²) in [6, 6.07) is 24.6. The number of nitrogens with two attached hydrogens (primary N) is 1. The molecule has 8 aromatic heterocycles. The molecule has 12 aromatic rings. The van der Waals surface area contributed by atoms with Crippen LogP contribution in [0.2, 0.25) is 10.0 Å². The van der Waals surface area contributed by atoms with Crippen molar-refractivity contribution >= 4 is 145 Å². The first-order valence-electron chi connectivity index (χ1n) is 44.2. The first kappa shape index (κ1) is 107. The fraction of sp³-hybridized carbons (Fsp3) is 0.479. The van der Waals surface area contributed by atoms with E-state index in [-0.39, 0.29) is 69.9 Å². The minimum atomic E-state index is -0.492. The number of halogens is 2. The van der Waals surface area contributed by atoms with Crippen molar-refractivity contribution in [3.05, 3.63) is 157 Å². The minimum Gasteiger partial charge on any atom is -0.492 e. The van der Waals surface area contributed by atoms with Gasteiger partial charge in [0.15, 0.2) is 55.5 Å². The normalized spacial score (nSPS) is 12.5. The maximum atomic E-state index is 12.7. The molecule has 2 fully saturated rings. The number of carbonyl (C=O) groups is 2. The molecule has 2 saturated heterocycles. The molecule has 708 valence electrons. The second kappa shape index (κ2) is 52.9. The highest BCUT2D eigenvalue weighted by Gasteiger charge is 2.23. The Balaban J connectivity index is 0.000000224. The van der Waals surface area contributed by atoms with E-state index >= 15 is 0 Å². The zero-order valence-electron chi connectivity index (χ0n) is 79.5. The van der Waals surface area contributed by atoms with Crippen LogP contribution in [0.1, 0.15) is 159 Å². The predicted molar refractivity (Wildman–Crippen MR) is 543 cm³/mol. The van der Waals surface area contributed by atoms with E-state index in [1.54, 1.807) is 70.5 Å². The highest BCUT2D eigenvalue weighted by Crippen LogP contribution is 2.36. The van der Waals surface area contributed by atoms with Crippen molar-refractivity contribution in [3.63, 3.8) is 0 Å². The number of likely N-dealkylation sites (N-methyl/N-ethyl adjacent to an activating group) is 1. The molecule has 0 spiro atoms. The molecule has 2 aliphatic heterocycles. The number of ether oxygens (including phenoxy) is 6. The van der Waals surface area contributed by atoms with Gasteiger partial charge in [-0.05, 0) is 148 Å². The first-order chi connectivity index (χ1) is 61.5. The maximum Gasteiger partial charge on any atom is 0.260 e. The zero-order chi connectivity index (χ0) is 95.6. The van der Waals surface area contributed by atoms with Gasteiger partial charge < -0.3 is 90.5 Å². The SMILES string of the molecule is CC(C)C.CC(C)C.CC(C)C.CC(C)C.CC(C)Nc1nc(-c2cc(=O)c3ccc(OCC(=O)N4CCOCC4)c(Cl)c3[nH]2)cs1.CC(C)Nc1nc(-c2cc(=O)c3ccc(OCC(=O)N4CCOCC4)cc3[nH]2)cs1.CC(C)Nc1nc(-c2cc(=O)c3ccc(OCC(C)(C)N)c(Cl)c3[nH]2)cs1.CCNCCOc1ccc2c(=O)cc(-c3csc(NC(C)C)n3)[nH]c2c1. The van der Waals surface area contributed by atoms with Gasteiger partial charge in [0.1, 0.15) is 46.3 Å². The average Bonchev–Trinajstić information content (AvgIpc) is 1.24. The molecule has 2 amide bonds. The van der Waals surface area contributed by atoms with Crippen LogP contribution in [0.4, 0.5) is 20.5 Å². The quantitative estimate of drug-likeness (QED) is 0.0225.